The van der Waals surface area contributed by atoms with E-state index in [1.807, 2.05) is 66.4 Å². The number of aromatic nitrogens is 1. The topological polar surface area (TPSA) is 81.9 Å². The molecule has 1 saturated carbocycles. The Morgan fingerprint density at radius 1 is 1.02 bits per heavy atom. The van der Waals surface area contributed by atoms with Gasteiger partial charge in [0, 0.05) is 31.5 Å². The van der Waals surface area contributed by atoms with Crippen molar-refractivity contribution >= 4 is 11.9 Å². The van der Waals surface area contributed by atoms with Gasteiger partial charge in [-0.25, -0.2) is 4.98 Å². The third kappa shape index (κ3) is 6.93. The monoisotopic (exact) mass is 544 g/mol. The van der Waals surface area contributed by atoms with E-state index in [0.29, 0.717) is 43.8 Å². The smallest absolute Gasteiger partial charge is 0.309 e. The van der Waals surface area contributed by atoms with Crippen molar-refractivity contribution in [1.29, 1.82) is 0 Å². The minimum Gasteiger partial charge on any atom is -0.493 e. The molecule has 7 nitrogen and oxygen atoms in total. The van der Waals surface area contributed by atoms with E-state index in [1.54, 1.807) is 6.92 Å². The lowest BCUT2D eigenvalue weighted by Crippen LogP contribution is -2.33. The van der Waals surface area contributed by atoms with Gasteiger partial charge >= 0.3 is 5.97 Å². The van der Waals surface area contributed by atoms with Gasteiger partial charge in [0.15, 0.2) is 0 Å². The molecule has 7 heteroatoms. The maximum absolute atomic E-state index is 13.2. The zero-order valence-electron chi connectivity index (χ0n) is 23.6. The van der Waals surface area contributed by atoms with Crippen molar-refractivity contribution in [2.45, 2.75) is 58.8 Å². The summed E-state index contributed by atoms with van der Waals surface area (Å²) >= 11 is 0. The fourth-order valence-corrected chi connectivity index (χ4v) is 6.08. The Hall–Kier alpha value is -3.61. The van der Waals surface area contributed by atoms with Crippen molar-refractivity contribution in [2.75, 3.05) is 26.3 Å². The first-order chi connectivity index (χ1) is 19.5. The number of likely N-dealkylation sites (tertiary alicyclic amines) is 1. The Labute approximate surface area is 236 Å². The molecule has 2 aliphatic rings. The highest BCUT2D eigenvalue weighted by Gasteiger charge is 2.37. The van der Waals surface area contributed by atoms with Crippen LogP contribution in [0.5, 0.6) is 5.75 Å². The number of carbonyl (C=O) groups is 2. The number of ether oxygens (including phenoxy) is 2. The molecule has 212 valence electrons. The van der Waals surface area contributed by atoms with Crippen LogP contribution in [0, 0.1) is 24.7 Å². The summed E-state index contributed by atoms with van der Waals surface area (Å²) in [6.07, 6.45) is 6.26. The molecule has 1 unspecified atom stereocenters. The summed E-state index contributed by atoms with van der Waals surface area (Å²) in [6, 6.07) is 17.6. The highest BCUT2D eigenvalue weighted by Crippen LogP contribution is 2.36. The highest BCUT2D eigenvalue weighted by atomic mass is 16.5. The molecule has 2 heterocycles. The molecule has 2 fully saturated rings. The van der Waals surface area contributed by atoms with Crippen LogP contribution in [-0.4, -0.2) is 48.1 Å². The highest BCUT2D eigenvalue weighted by molar-refractivity contribution is 5.83. The van der Waals surface area contributed by atoms with Crippen molar-refractivity contribution in [1.82, 2.24) is 9.88 Å². The van der Waals surface area contributed by atoms with Crippen LogP contribution in [0.15, 0.2) is 59.0 Å². The SMILES string of the molecule is CCOC(=O)C(CC(=O)N1C[C@H]2CCCC[C@H]2C1)Cc1ccc(OCCc2nc(-c3ccccc3)oc2C)cc1. The summed E-state index contributed by atoms with van der Waals surface area (Å²) in [4.78, 5) is 32.6. The second-order valence-corrected chi connectivity index (χ2v) is 11.1. The zero-order chi connectivity index (χ0) is 27.9. The summed E-state index contributed by atoms with van der Waals surface area (Å²) in [6.45, 7) is 6.18. The predicted molar refractivity (Wildman–Crippen MR) is 153 cm³/mol. The van der Waals surface area contributed by atoms with Crippen molar-refractivity contribution in [3.63, 3.8) is 0 Å². The van der Waals surface area contributed by atoms with E-state index in [4.69, 9.17) is 13.9 Å². The number of aryl methyl sites for hydroxylation is 1. The zero-order valence-corrected chi connectivity index (χ0v) is 23.6. The second-order valence-electron chi connectivity index (χ2n) is 11.1. The van der Waals surface area contributed by atoms with Gasteiger partial charge in [0.1, 0.15) is 11.5 Å². The number of carbonyl (C=O) groups excluding carboxylic acids is 2. The maximum Gasteiger partial charge on any atom is 0.309 e. The molecule has 1 aliphatic heterocycles. The summed E-state index contributed by atoms with van der Waals surface area (Å²) in [5.41, 5.74) is 2.82. The number of fused-ring (bicyclic) bond motifs is 1. The Kier molecular flexibility index (Phi) is 9.19. The molecule has 1 saturated heterocycles. The number of nitrogens with zero attached hydrogens (tertiary/aromatic N) is 2. The first kappa shape index (κ1) is 27.9. The third-order valence-electron chi connectivity index (χ3n) is 8.30. The quantitative estimate of drug-likeness (QED) is 0.274. The molecular weight excluding hydrogens is 504 g/mol. The number of benzene rings is 2. The molecule has 1 amide bonds. The molecule has 1 aromatic heterocycles. The number of hydrogen-bond acceptors (Lipinski definition) is 6. The van der Waals surface area contributed by atoms with Crippen LogP contribution in [0.2, 0.25) is 0 Å². The molecule has 3 aromatic rings. The number of oxazole rings is 1. The third-order valence-corrected chi connectivity index (χ3v) is 8.30. The van der Waals surface area contributed by atoms with E-state index in [-0.39, 0.29) is 18.3 Å². The van der Waals surface area contributed by atoms with Crippen LogP contribution in [0.1, 0.15) is 56.0 Å². The van der Waals surface area contributed by atoms with Crippen LogP contribution >= 0.6 is 0 Å². The van der Waals surface area contributed by atoms with Crippen LogP contribution in [0.3, 0.4) is 0 Å². The Balaban J connectivity index is 1.14. The molecular formula is C33H40N2O5. The predicted octanol–water partition coefficient (Wildman–Crippen LogP) is 6.03. The van der Waals surface area contributed by atoms with Crippen molar-refractivity contribution in [3.05, 3.63) is 71.6 Å². The molecule has 5 rings (SSSR count). The lowest BCUT2D eigenvalue weighted by molar-refractivity contribution is -0.151. The standard InChI is InChI=1S/C33H40N2O5/c1-3-38-33(37)28(20-31(36)35-21-26-11-7-8-12-27(26)22-35)19-24-13-15-29(16-14-24)39-18-17-30-23(2)40-32(34-30)25-9-5-4-6-10-25/h4-6,9-10,13-16,26-28H,3,7-8,11-12,17-22H2,1-2H3/t26-,27+,28?. The number of hydrogen-bond donors (Lipinski definition) is 0. The van der Waals surface area contributed by atoms with Crippen molar-refractivity contribution in [2.24, 2.45) is 17.8 Å². The molecule has 0 radical (unpaired) electrons. The van der Waals surface area contributed by atoms with Gasteiger partial charge in [0.2, 0.25) is 11.8 Å². The van der Waals surface area contributed by atoms with Crippen LogP contribution in [-0.2, 0) is 27.2 Å². The molecule has 0 bridgehead atoms. The Morgan fingerprint density at radius 2 is 1.73 bits per heavy atom. The van der Waals surface area contributed by atoms with Crippen molar-refractivity contribution in [3.8, 4) is 17.2 Å². The van der Waals surface area contributed by atoms with Gasteiger partial charge in [0.05, 0.1) is 24.8 Å². The number of esters is 1. The van der Waals surface area contributed by atoms with E-state index < -0.39 is 5.92 Å². The van der Waals surface area contributed by atoms with E-state index in [9.17, 15) is 9.59 Å². The van der Waals surface area contributed by atoms with E-state index >= 15 is 0 Å². The van der Waals surface area contributed by atoms with Crippen LogP contribution in [0.25, 0.3) is 11.5 Å². The maximum atomic E-state index is 13.2. The van der Waals surface area contributed by atoms with Gasteiger partial charge in [-0.3, -0.25) is 9.59 Å². The van der Waals surface area contributed by atoms with Crippen molar-refractivity contribution < 1.29 is 23.5 Å². The molecule has 0 N–H and O–H groups in total. The largest absolute Gasteiger partial charge is 0.493 e. The van der Waals surface area contributed by atoms with E-state index in [1.165, 1.54) is 25.7 Å². The average Bonchev–Trinajstić information content (AvgIpc) is 3.58. The molecule has 0 spiro atoms. The summed E-state index contributed by atoms with van der Waals surface area (Å²) < 4.78 is 17.2. The van der Waals surface area contributed by atoms with Gasteiger partial charge in [-0.1, -0.05) is 43.2 Å². The minimum absolute atomic E-state index is 0.0750. The summed E-state index contributed by atoms with van der Waals surface area (Å²) in [7, 11) is 0. The fraction of sp³-hybridized carbons (Fsp3) is 0.485. The van der Waals surface area contributed by atoms with Crippen LogP contribution < -0.4 is 4.74 Å². The molecule has 40 heavy (non-hydrogen) atoms. The van der Waals surface area contributed by atoms with Gasteiger partial charge in [-0.15, -0.1) is 0 Å². The van der Waals surface area contributed by atoms with Gasteiger partial charge in [0.25, 0.3) is 0 Å². The summed E-state index contributed by atoms with van der Waals surface area (Å²) in [5, 5.41) is 0. The lowest BCUT2D eigenvalue weighted by Gasteiger charge is -2.22. The first-order valence-electron chi connectivity index (χ1n) is 14.7. The molecule has 3 atom stereocenters. The van der Waals surface area contributed by atoms with Gasteiger partial charge in [-0.2, -0.15) is 0 Å². The molecule has 2 aromatic carbocycles. The minimum atomic E-state index is -0.490. The van der Waals surface area contributed by atoms with Gasteiger partial charge < -0.3 is 18.8 Å². The fourth-order valence-electron chi connectivity index (χ4n) is 6.08. The normalized spacial score (nSPS) is 19.2. The number of rotatable bonds is 11. The van der Waals surface area contributed by atoms with E-state index in [2.05, 4.69) is 4.98 Å². The van der Waals surface area contributed by atoms with E-state index in [0.717, 1.165) is 41.4 Å². The lowest BCUT2D eigenvalue weighted by atomic mass is 9.82. The molecule has 1 aliphatic carbocycles. The van der Waals surface area contributed by atoms with Gasteiger partial charge in [-0.05, 0) is 74.8 Å². The second kappa shape index (κ2) is 13.2. The first-order valence-corrected chi connectivity index (χ1v) is 14.7. The average molecular weight is 545 g/mol. The number of amides is 1. The Morgan fingerprint density at radius 3 is 2.40 bits per heavy atom. The summed E-state index contributed by atoms with van der Waals surface area (Å²) in [5.74, 6) is 2.71. The van der Waals surface area contributed by atoms with Crippen LogP contribution in [0.4, 0.5) is 0 Å². The Bertz CT molecular complexity index is 1260.